The third-order valence-electron chi connectivity index (χ3n) is 16.2. The number of carbonyl (C=O) groups excluding carboxylic acids is 4. The molecule has 0 heterocycles. The smallest absolute Gasteiger partial charge is 0.462 e. The van der Waals surface area contributed by atoms with Crippen LogP contribution in [0.4, 0.5) is 0 Å². The average Bonchev–Trinajstić information content (AvgIpc) is 3.70. The first-order valence-corrected chi connectivity index (χ1v) is 38.9. The summed E-state index contributed by atoms with van der Waals surface area (Å²) in [7, 11) is -9.90. The van der Waals surface area contributed by atoms with Crippen molar-refractivity contribution in [2.45, 2.75) is 362 Å². The number of unbranched alkanes of at least 4 members (excludes halogenated alkanes) is 34. The van der Waals surface area contributed by atoms with E-state index in [1.165, 1.54) is 154 Å². The van der Waals surface area contributed by atoms with Crippen molar-refractivity contribution in [2.75, 3.05) is 39.6 Å². The highest BCUT2D eigenvalue weighted by Crippen LogP contribution is 2.45. The summed E-state index contributed by atoms with van der Waals surface area (Å²) in [4.78, 5) is 72.4. The predicted octanol–water partition coefficient (Wildman–Crippen LogP) is 19.5. The molecule has 0 aliphatic heterocycles. The lowest BCUT2D eigenvalue weighted by Gasteiger charge is -2.21. The molecule has 0 aromatic rings. The van der Waals surface area contributed by atoms with Gasteiger partial charge in [0, 0.05) is 25.7 Å². The van der Waals surface area contributed by atoms with Crippen LogP contribution in [0, 0.1) is 17.8 Å². The zero-order chi connectivity index (χ0) is 65.2. The Morgan fingerprint density at radius 3 is 0.864 bits per heavy atom. The summed E-state index contributed by atoms with van der Waals surface area (Å²) in [5.74, 6) is 0.137. The van der Waals surface area contributed by atoms with Crippen LogP contribution in [0.15, 0.2) is 0 Å². The molecule has 0 aromatic heterocycles. The molecule has 17 nitrogen and oxygen atoms in total. The molecule has 88 heavy (non-hydrogen) atoms. The van der Waals surface area contributed by atoms with Gasteiger partial charge in [-0.1, -0.05) is 292 Å². The molecule has 0 saturated heterocycles. The third-order valence-corrected chi connectivity index (χ3v) is 18.1. The van der Waals surface area contributed by atoms with E-state index < -0.39 is 97.5 Å². The molecule has 19 heteroatoms. The van der Waals surface area contributed by atoms with Gasteiger partial charge in [-0.25, -0.2) is 9.13 Å². The maximum absolute atomic E-state index is 13.0. The van der Waals surface area contributed by atoms with E-state index in [0.717, 1.165) is 108 Å². The summed E-state index contributed by atoms with van der Waals surface area (Å²) in [6.07, 6.45) is 43.1. The minimum atomic E-state index is -4.95. The first kappa shape index (κ1) is 86.1. The van der Waals surface area contributed by atoms with Gasteiger partial charge in [0.15, 0.2) is 12.2 Å². The number of carbonyl (C=O) groups is 4. The first-order chi connectivity index (χ1) is 42.3. The summed E-state index contributed by atoms with van der Waals surface area (Å²) < 4.78 is 68.2. The highest BCUT2D eigenvalue weighted by molar-refractivity contribution is 7.47. The molecule has 0 spiro atoms. The summed E-state index contributed by atoms with van der Waals surface area (Å²) in [5, 5.41) is 10.6. The van der Waals surface area contributed by atoms with E-state index in [2.05, 4.69) is 48.5 Å². The van der Waals surface area contributed by atoms with Crippen LogP contribution in [0.5, 0.6) is 0 Å². The van der Waals surface area contributed by atoms with Gasteiger partial charge in [0.2, 0.25) is 0 Å². The normalized spacial score (nSPS) is 14.5. The molecular weight excluding hydrogens is 1160 g/mol. The van der Waals surface area contributed by atoms with E-state index >= 15 is 0 Å². The molecule has 0 saturated carbocycles. The van der Waals surface area contributed by atoms with Gasteiger partial charge >= 0.3 is 39.5 Å². The van der Waals surface area contributed by atoms with E-state index in [-0.39, 0.29) is 25.7 Å². The van der Waals surface area contributed by atoms with Gasteiger partial charge in [0.1, 0.15) is 19.3 Å². The number of phosphoric ester groups is 2. The molecule has 0 bridgehead atoms. The number of phosphoric acid groups is 2. The lowest BCUT2D eigenvalue weighted by atomic mass is 10.00. The lowest BCUT2D eigenvalue weighted by molar-refractivity contribution is -0.161. The highest BCUT2D eigenvalue weighted by Gasteiger charge is 2.30. The molecule has 0 fully saturated rings. The number of esters is 4. The standard InChI is InChI=1S/C69H134O17P2/c1-8-10-11-12-13-21-28-36-43-50-66(71)79-57-65(86-69(74)53-46-39-32-31-35-42-49-62(7)9-2)59-84-88(77,78)82-55-63(70)54-81-87(75,76)83-58-64(56-80-67(72)51-44-37-29-24-20-16-18-23-27-34-41-48-61(5)6)85-68(73)52-45-38-30-25-19-15-14-17-22-26-33-40-47-60(3)4/h60-65,70H,8-59H2,1-7H3,(H,75,76)(H,77,78)/t62?,63-,64-,65-/m1/s1. The van der Waals surface area contributed by atoms with Crippen molar-refractivity contribution in [2.24, 2.45) is 17.8 Å². The molecular formula is C69H134O17P2. The second-order valence-corrected chi connectivity index (χ2v) is 29.0. The molecule has 6 atom stereocenters. The van der Waals surface area contributed by atoms with Crippen LogP contribution >= 0.6 is 15.6 Å². The Bertz CT molecular complexity index is 1730. The topological polar surface area (TPSA) is 237 Å². The van der Waals surface area contributed by atoms with Gasteiger partial charge in [-0.05, 0) is 43.4 Å². The predicted molar refractivity (Wildman–Crippen MR) is 354 cm³/mol. The van der Waals surface area contributed by atoms with Crippen LogP contribution in [0.3, 0.4) is 0 Å². The van der Waals surface area contributed by atoms with Crippen molar-refractivity contribution in [1.29, 1.82) is 0 Å². The number of hydrogen-bond donors (Lipinski definition) is 3. The van der Waals surface area contributed by atoms with Gasteiger partial charge in [-0.3, -0.25) is 37.3 Å². The number of hydrogen-bond acceptors (Lipinski definition) is 15. The Kier molecular flexibility index (Phi) is 58.7. The molecule has 0 aliphatic rings. The quantitative estimate of drug-likeness (QED) is 0.0222. The van der Waals surface area contributed by atoms with Gasteiger partial charge in [-0.2, -0.15) is 0 Å². The summed E-state index contributed by atoms with van der Waals surface area (Å²) >= 11 is 0. The van der Waals surface area contributed by atoms with E-state index in [9.17, 15) is 43.2 Å². The monoisotopic (exact) mass is 1300 g/mol. The third kappa shape index (κ3) is 61.6. The molecule has 0 aromatic carbocycles. The van der Waals surface area contributed by atoms with Gasteiger partial charge in [0.25, 0.3) is 0 Å². The molecule has 0 radical (unpaired) electrons. The van der Waals surface area contributed by atoms with Crippen LogP contribution in [-0.2, 0) is 65.4 Å². The molecule has 522 valence electrons. The fraction of sp³-hybridized carbons (Fsp3) is 0.942. The zero-order valence-corrected chi connectivity index (χ0v) is 59.0. The van der Waals surface area contributed by atoms with Crippen LogP contribution < -0.4 is 0 Å². The Labute approximate surface area is 537 Å². The summed E-state index contributed by atoms with van der Waals surface area (Å²) in [5.41, 5.74) is 0. The Morgan fingerprint density at radius 2 is 0.580 bits per heavy atom. The Balaban J connectivity index is 5.24. The molecule has 0 rings (SSSR count). The second kappa shape index (κ2) is 60.0. The number of rotatable bonds is 67. The summed E-state index contributed by atoms with van der Waals surface area (Å²) in [6, 6.07) is 0. The minimum Gasteiger partial charge on any atom is -0.462 e. The molecule has 3 unspecified atom stereocenters. The van der Waals surface area contributed by atoms with Gasteiger partial charge in [0.05, 0.1) is 26.4 Å². The Morgan fingerprint density at radius 1 is 0.330 bits per heavy atom. The maximum Gasteiger partial charge on any atom is 0.472 e. The number of aliphatic hydroxyl groups excluding tert-OH is 1. The second-order valence-electron chi connectivity index (χ2n) is 26.1. The van der Waals surface area contributed by atoms with E-state index in [0.29, 0.717) is 25.7 Å². The van der Waals surface area contributed by atoms with Gasteiger partial charge < -0.3 is 33.8 Å². The SMILES string of the molecule is CCCCCCCCCCCC(=O)OC[C@H](COP(=O)(O)OC[C@H](O)COP(=O)(O)OC[C@@H](COC(=O)CCCCCCCCCCCCCC(C)C)OC(=O)CCCCCCCCCCCCCCC(C)C)OC(=O)CCCCCCCCC(C)CC. The van der Waals surface area contributed by atoms with E-state index in [1.54, 1.807) is 0 Å². The molecule has 0 amide bonds. The van der Waals surface area contributed by atoms with Crippen LogP contribution in [0.25, 0.3) is 0 Å². The minimum absolute atomic E-state index is 0.103. The van der Waals surface area contributed by atoms with Crippen LogP contribution in [-0.4, -0.2) is 96.7 Å². The van der Waals surface area contributed by atoms with Crippen molar-refractivity contribution in [1.82, 2.24) is 0 Å². The van der Waals surface area contributed by atoms with Crippen molar-refractivity contribution in [3.8, 4) is 0 Å². The van der Waals surface area contributed by atoms with Crippen LogP contribution in [0.2, 0.25) is 0 Å². The van der Waals surface area contributed by atoms with Crippen molar-refractivity contribution in [3.63, 3.8) is 0 Å². The summed E-state index contributed by atoms with van der Waals surface area (Å²) in [6.45, 7) is 11.8. The van der Waals surface area contributed by atoms with Crippen molar-refractivity contribution >= 4 is 39.5 Å². The largest absolute Gasteiger partial charge is 0.472 e. The van der Waals surface area contributed by atoms with Crippen molar-refractivity contribution in [3.05, 3.63) is 0 Å². The fourth-order valence-electron chi connectivity index (χ4n) is 10.3. The van der Waals surface area contributed by atoms with E-state index in [1.807, 2.05) is 0 Å². The van der Waals surface area contributed by atoms with Crippen LogP contribution in [0.1, 0.15) is 344 Å². The van der Waals surface area contributed by atoms with E-state index in [4.69, 9.17) is 37.0 Å². The molecule has 0 aliphatic carbocycles. The maximum atomic E-state index is 13.0. The highest BCUT2D eigenvalue weighted by atomic mass is 31.2. The van der Waals surface area contributed by atoms with Gasteiger partial charge in [-0.15, -0.1) is 0 Å². The zero-order valence-electron chi connectivity index (χ0n) is 57.2. The first-order valence-electron chi connectivity index (χ1n) is 35.9. The number of ether oxygens (including phenoxy) is 4. The average molecular weight is 1300 g/mol. The lowest BCUT2D eigenvalue weighted by Crippen LogP contribution is -2.30. The molecule has 3 N–H and O–H groups in total. The fourth-order valence-corrected chi connectivity index (χ4v) is 11.9. The Hall–Kier alpha value is -1.94. The van der Waals surface area contributed by atoms with Crippen molar-refractivity contribution < 1.29 is 80.2 Å². The number of aliphatic hydroxyl groups is 1.